The number of fused-ring (bicyclic) bond motifs is 1. The van der Waals surface area contributed by atoms with E-state index in [9.17, 15) is 9.50 Å². The standard InChI is InChI=1S/C13H18FNO/c1-15-8-7-13(16)6-2-3-10-4-5-11(14)9-12(10)13/h4-5,9,15-16H,2-3,6-8H2,1H3. The molecule has 1 unspecified atom stereocenters. The van der Waals surface area contributed by atoms with E-state index in [1.54, 1.807) is 6.07 Å². The molecular weight excluding hydrogens is 205 g/mol. The van der Waals surface area contributed by atoms with Crippen LogP contribution in [-0.2, 0) is 12.0 Å². The zero-order valence-corrected chi connectivity index (χ0v) is 9.59. The Kier molecular flexibility index (Phi) is 3.26. The first-order valence-electron chi connectivity index (χ1n) is 5.81. The molecule has 2 rings (SSSR count). The third-order valence-corrected chi connectivity index (χ3v) is 3.40. The Morgan fingerprint density at radius 1 is 1.50 bits per heavy atom. The lowest BCUT2D eigenvalue weighted by atomic mass is 9.77. The van der Waals surface area contributed by atoms with Crippen LogP contribution >= 0.6 is 0 Å². The molecule has 88 valence electrons. The molecule has 0 fully saturated rings. The van der Waals surface area contributed by atoms with Gasteiger partial charge in [-0.2, -0.15) is 0 Å². The van der Waals surface area contributed by atoms with Gasteiger partial charge in [-0.3, -0.25) is 0 Å². The van der Waals surface area contributed by atoms with Crippen LogP contribution in [0.5, 0.6) is 0 Å². The molecule has 0 aromatic heterocycles. The minimum atomic E-state index is -0.849. The quantitative estimate of drug-likeness (QED) is 0.821. The van der Waals surface area contributed by atoms with Crippen LogP contribution in [0.3, 0.4) is 0 Å². The number of hydrogen-bond donors (Lipinski definition) is 2. The molecule has 0 radical (unpaired) electrons. The predicted molar refractivity (Wildman–Crippen MR) is 61.8 cm³/mol. The molecule has 0 amide bonds. The van der Waals surface area contributed by atoms with Gasteiger partial charge in [0.1, 0.15) is 5.82 Å². The first-order chi connectivity index (χ1) is 7.65. The number of rotatable bonds is 3. The largest absolute Gasteiger partial charge is 0.385 e. The molecule has 1 aromatic rings. The summed E-state index contributed by atoms with van der Waals surface area (Å²) in [6.07, 6.45) is 3.28. The molecule has 0 aliphatic heterocycles. The fourth-order valence-electron chi connectivity index (χ4n) is 2.50. The maximum atomic E-state index is 13.2. The molecule has 2 nitrogen and oxygen atoms in total. The second kappa shape index (κ2) is 4.52. The summed E-state index contributed by atoms with van der Waals surface area (Å²) in [6.45, 7) is 0.743. The van der Waals surface area contributed by atoms with Gasteiger partial charge >= 0.3 is 0 Å². The fourth-order valence-corrected chi connectivity index (χ4v) is 2.50. The van der Waals surface area contributed by atoms with Crippen molar-refractivity contribution >= 4 is 0 Å². The number of aliphatic hydroxyl groups is 1. The van der Waals surface area contributed by atoms with Gasteiger partial charge in [-0.25, -0.2) is 4.39 Å². The van der Waals surface area contributed by atoms with Gasteiger partial charge in [0.2, 0.25) is 0 Å². The molecule has 1 atom stereocenters. The second-order valence-corrected chi connectivity index (χ2v) is 4.54. The Morgan fingerprint density at radius 3 is 3.06 bits per heavy atom. The lowest BCUT2D eigenvalue weighted by Crippen LogP contribution is -2.33. The summed E-state index contributed by atoms with van der Waals surface area (Å²) < 4.78 is 13.2. The van der Waals surface area contributed by atoms with Gasteiger partial charge < -0.3 is 10.4 Å². The van der Waals surface area contributed by atoms with Gasteiger partial charge in [-0.1, -0.05) is 6.07 Å². The van der Waals surface area contributed by atoms with Crippen LogP contribution in [0.1, 0.15) is 30.4 Å². The molecule has 1 aliphatic rings. The van der Waals surface area contributed by atoms with E-state index in [0.29, 0.717) is 6.42 Å². The van der Waals surface area contributed by atoms with Gasteiger partial charge in [-0.15, -0.1) is 0 Å². The summed E-state index contributed by atoms with van der Waals surface area (Å²) in [7, 11) is 1.86. The first-order valence-corrected chi connectivity index (χ1v) is 5.81. The lowest BCUT2D eigenvalue weighted by molar-refractivity contribution is 0.0106. The van der Waals surface area contributed by atoms with Gasteiger partial charge in [-0.05, 0) is 62.5 Å². The second-order valence-electron chi connectivity index (χ2n) is 4.54. The van der Waals surface area contributed by atoms with E-state index in [1.165, 1.54) is 12.1 Å². The number of halogens is 1. The highest BCUT2D eigenvalue weighted by Gasteiger charge is 2.33. The molecule has 0 saturated heterocycles. The van der Waals surface area contributed by atoms with Crippen molar-refractivity contribution in [2.45, 2.75) is 31.3 Å². The first kappa shape index (κ1) is 11.6. The zero-order valence-electron chi connectivity index (χ0n) is 9.59. The average molecular weight is 223 g/mol. The molecule has 0 saturated carbocycles. The Labute approximate surface area is 95.5 Å². The number of benzene rings is 1. The average Bonchev–Trinajstić information content (AvgIpc) is 2.28. The monoisotopic (exact) mass is 223 g/mol. The topological polar surface area (TPSA) is 32.3 Å². The van der Waals surface area contributed by atoms with Gasteiger partial charge in [0, 0.05) is 0 Å². The minimum Gasteiger partial charge on any atom is -0.385 e. The normalized spacial score (nSPS) is 24.2. The van der Waals surface area contributed by atoms with Crippen LogP contribution in [0, 0.1) is 5.82 Å². The Morgan fingerprint density at radius 2 is 2.31 bits per heavy atom. The van der Waals surface area contributed by atoms with Crippen molar-refractivity contribution in [3.8, 4) is 0 Å². The predicted octanol–water partition coefficient (Wildman–Crippen LogP) is 1.96. The molecule has 2 N–H and O–H groups in total. The molecule has 0 bridgehead atoms. The van der Waals surface area contributed by atoms with E-state index >= 15 is 0 Å². The SMILES string of the molecule is CNCCC1(O)CCCc2ccc(F)cc21. The third kappa shape index (κ3) is 2.11. The van der Waals surface area contributed by atoms with Crippen molar-refractivity contribution in [2.75, 3.05) is 13.6 Å². The van der Waals surface area contributed by atoms with Crippen molar-refractivity contribution in [3.63, 3.8) is 0 Å². The van der Waals surface area contributed by atoms with Crippen molar-refractivity contribution < 1.29 is 9.50 Å². The summed E-state index contributed by atoms with van der Waals surface area (Å²) in [5.74, 6) is -0.261. The van der Waals surface area contributed by atoms with Crippen molar-refractivity contribution in [2.24, 2.45) is 0 Å². The Bertz CT molecular complexity index is 380. The summed E-state index contributed by atoms with van der Waals surface area (Å²) in [6, 6.07) is 4.76. The van der Waals surface area contributed by atoms with Gasteiger partial charge in [0.25, 0.3) is 0 Å². The van der Waals surface area contributed by atoms with E-state index in [-0.39, 0.29) is 5.82 Å². The maximum Gasteiger partial charge on any atom is 0.123 e. The molecular formula is C13H18FNO. The fraction of sp³-hybridized carbons (Fsp3) is 0.538. The smallest absolute Gasteiger partial charge is 0.123 e. The van der Waals surface area contributed by atoms with Crippen LogP contribution in [-0.4, -0.2) is 18.7 Å². The molecule has 1 aromatic carbocycles. The molecule has 3 heteroatoms. The van der Waals surface area contributed by atoms with E-state index in [1.807, 2.05) is 7.05 Å². The molecule has 1 aliphatic carbocycles. The summed E-state index contributed by atoms with van der Waals surface area (Å²) in [5.41, 5.74) is 1.03. The maximum absolute atomic E-state index is 13.2. The van der Waals surface area contributed by atoms with Gasteiger partial charge in [0.05, 0.1) is 5.60 Å². The zero-order chi connectivity index (χ0) is 11.6. The van der Waals surface area contributed by atoms with E-state index < -0.39 is 5.60 Å². The van der Waals surface area contributed by atoms with Crippen LogP contribution in [0.15, 0.2) is 18.2 Å². The molecule has 0 heterocycles. The van der Waals surface area contributed by atoms with E-state index in [4.69, 9.17) is 0 Å². The number of nitrogens with one attached hydrogen (secondary N) is 1. The highest BCUT2D eigenvalue weighted by atomic mass is 19.1. The van der Waals surface area contributed by atoms with Crippen molar-refractivity contribution in [1.29, 1.82) is 0 Å². The minimum absolute atomic E-state index is 0.261. The highest BCUT2D eigenvalue weighted by molar-refractivity contribution is 5.35. The number of aryl methyl sites for hydroxylation is 1. The third-order valence-electron chi connectivity index (χ3n) is 3.40. The van der Waals surface area contributed by atoms with Crippen LogP contribution in [0.25, 0.3) is 0 Å². The summed E-state index contributed by atoms with van der Waals surface area (Å²) >= 11 is 0. The van der Waals surface area contributed by atoms with Crippen LogP contribution in [0.2, 0.25) is 0 Å². The molecule has 0 spiro atoms. The van der Waals surface area contributed by atoms with E-state index in [2.05, 4.69) is 5.32 Å². The Balaban J connectivity index is 2.33. The Hall–Kier alpha value is -0.930. The van der Waals surface area contributed by atoms with Crippen LogP contribution < -0.4 is 5.32 Å². The summed E-state index contributed by atoms with van der Waals surface area (Å²) in [4.78, 5) is 0. The van der Waals surface area contributed by atoms with Gasteiger partial charge in [0.15, 0.2) is 0 Å². The lowest BCUT2D eigenvalue weighted by Gasteiger charge is -2.34. The van der Waals surface area contributed by atoms with E-state index in [0.717, 1.165) is 36.9 Å². The van der Waals surface area contributed by atoms with Crippen LogP contribution in [0.4, 0.5) is 4.39 Å². The van der Waals surface area contributed by atoms with Crippen molar-refractivity contribution in [1.82, 2.24) is 5.32 Å². The molecule has 16 heavy (non-hydrogen) atoms. The highest BCUT2D eigenvalue weighted by Crippen LogP contribution is 2.37. The summed E-state index contributed by atoms with van der Waals surface area (Å²) in [5, 5.41) is 13.6. The van der Waals surface area contributed by atoms with Crippen molar-refractivity contribution in [3.05, 3.63) is 35.1 Å². The number of hydrogen-bond acceptors (Lipinski definition) is 2.